The van der Waals surface area contributed by atoms with E-state index >= 15 is 0 Å². The predicted octanol–water partition coefficient (Wildman–Crippen LogP) is 1.47. The van der Waals surface area contributed by atoms with Crippen molar-refractivity contribution in [2.24, 2.45) is 0 Å². The van der Waals surface area contributed by atoms with E-state index in [1.165, 1.54) is 0 Å². The van der Waals surface area contributed by atoms with Gasteiger partial charge in [-0.25, -0.2) is 0 Å². The number of hydrogen-bond acceptors (Lipinski definition) is 4. The molecule has 6 heteroatoms. The van der Waals surface area contributed by atoms with Crippen LogP contribution in [0.25, 0.3) is 0 Å². The zero-order valence-electron chi connectivity index (χ0n) is 9.28. The molecule has 6 nitrogen and oxygen atoms in total. The summed E-state index contributed by atoms with van der Waals surface area (Å²) in [6, 6.07) is 0. The van der Waals surface area contributed by atoms with Gasteiger partial charge in [0.1, 0.15) is 5.69 Å². The standard InChI is InChI=1S/C9H16N4O2/c1-4-12(5-2)6-8-9(13(14)15)7(3)10-11-8/h4-6H2,1-3H3,(H,10,11). The van der Waals surface area contributed by atoms with Crippen LogP contribution in [0.1, 0.15) is 25.2 Å². The lowest BCUT2D eigenvalue weighted by Crippen LogP contribution is -2.22. The van der Waals surface area contributed by atoms with Crippen LogP contribution < -0.4 is 0 Å². The zero-order valence-corrected chi connectivity index (χ0v) is 9.28. The molecule has 0 atom stereocenters. The van der Waals surface area contributed by atoms with E-state index in [2.05, 4.69) is 15.1 Å². The summed E-state index contributed by atoms with van der Waals surface area (Å²) < 4.78 is 0. The SMILES string of the molecule is CCN(CC)Cc1n[nH]c(C)c1[N+](=O)[O-]. The van der Waals surface area contributed by atoms with Gasteiger partial charge in [0.15, 0.2) is 5.69 Å². The van der Waals surface area contributed by atoms with E-state index in [4.69, 9.17) is 0 Å². The Bertz CT molecular complexity index is 344. The lowest BCUT2D eigenvalue weighted by Gasteiger charge is -2.15. The molecule has 0 aliphatic rings. The molecule has 15 heavy (non-hydrogen) atoms. The molecule has 1 aromatic heterocycles. The molecule has 1 rings (SSSR count). The fourth-order valence-corrected chi connectivity index (χ4v) is 1.49. The van der Waals surface area contributed by atoms with Gasteiger partial charge < -0.3 is 0 Å². The number of hydrogen-bond donors (Lipinski definition) is 1. The molecule has 0 aromatic carbocycles. The maximum absolute atomic E-state index is 10.8. The number of aromatic nitrogens is 2. The molecule has 0 saturated heterocycles. The molecule has 1 N–H and O–H groups in total. The number of aryl methyl sites for hydroxylation is 1. The summed E-state index contributed by atoms with van der Waals surface area (Å²) in [6.45, 7) is 7.95. The highest BCUT2D eigenvalue weighted by atomic mass is 16.6. The first-order valence-electron chi connectivity index (χ1n) is 5.00. The molecule has 0 unspecified atom stereocenters. The molecule has 0 aliphatic heterocycles. The molecular formula is C9H16N4O2. The van der Waals surface area contributed by atoms with Crippen LogP contribution in [0.3, 0.4) is 0 Å². The minimum absolute atomic E-state index is 0.113. The lowest BCUT2D eigenvalue weighted by molar-refractivity contribution is -0.386. The highest BCUT2D eigenvalue weighted by molar-refractivity contribution is 5.39. The highest BCUT2D eigenvalue weighted by Crippen LogP contribution is 2.21. The van der Waals surface area contributed by atoms with E-state index in [1.54, 1.807) is 6.92 Å². The number of nitrogens with one attached hydrogen (secondary N) is 1. The first-order valence-corrected chi connectivity index (χ1v) is 5.00. The second-order valence-corrected chi connectivity index (χ2v) is 3.36. The van der Waals surface area contributed by atoms with Crippen LogP contribution in [-0.4, -0.2) is 33.1 Å². The fraction of sp³-hybridized carbons (Fsp3) is 0.667. The van der Waals surface area contributed by atoms with E-state index < -0.39 is 0 Å². The van der Waals surface area contributed by atoms with Crippen LogP contribution in [-0.2, 0) is 6.54 Å². The number of aromatic amines is 1. The average Bonchev–Trinajstić information content (AvgIpc) is 2.56. The molecular weight excluding hydrogens is 196 g/mol. The molecule has 0 aliphatic carbocycles. The van der Waals surface area contributed by atoms with E-state index in [0.717, 1.165) is 13.1 Å². The van der Waals surface area contributed by atoms with E-state index in [-0.39, 0.29) is 10.6 Å². The largest absolute Gasteiger partial charge is 0.314 e. The van der Waals surface area contributed by atoms with Gasteiger partial charge in [-0.05, 0) is 20.0 Å². The molecule has 0 spiro atoms. The number of H-pyrrole nitrogens is 1. The fourth-order valence-electron chi connectivity index (χ4n) is 1.49. The molecule has 0 radical (unpaired) electrons. The average molecular weight is 212 g/mol. The lowest BCUT2D eigenvalue weighted by atomic mass is 10.3. The summed E-state index contributed by atoms with van der Waals surface area (Å²) in [5, 5.41) is 17.4. The predicted molar refractivity (Wildman–Crippen MR) is 56.6 cm³/mol. The third kappa shape index (κ3) is 2.53. The van der Waals surface area contributed by atoms with Crippen molar-refractivity contribution in [1.82, 2.24) is 15.1 Å². The van der Waals surface area contributed by atoms with E-state index in [0.29, 0.717) is 17.9 Å². The molecule has 84 valence electrons. The van der Waals surface area contributed by atoms with Gasteiger partial charge in [-0.2, -0.15) is 5.10 Å². The Balaban J connectivity index is 2.89. The Labute approximate surface area is 88.4 Å². The molecule has 0 saturated carbocycles. The Kier molecular flexibility index (Phi) is 3.79. The number of nitrogens with zero attached hydrogens (tertiary/aromatic N) is 3. The summed E-state index contributed by atoms with van der Waals surface area (Å²) in [5.41, 5.74) is 1.14. The molecule has 0 fully saturated rings. The van der Waals surface area contributed by atoms with Crippen molar-refractivity contribution < 1.29 is 4.92 Å². The Morgan fingerprint density at radius 3 is 2.53 bits per heavy atom. The van der Waals surface area contributed by atoms with Crippen LogP contribution >= 0.6 is 0 Å². The summed E-state index contributed by atoms with van der Waals surface area (Å²) in [5.74, 6) is 0. The van der Waals surface area contributed by atoms with Crippen LogP contribution in [0.15, 0.2) is 0 Å². The van der Waals surface area contributed by atoms with Crippen LogP contribution in [0.5, 0.6) is 0 Å². The zero-order chi connectivity index (χ0) is 11.4. The van der Waals surface area contributed by atoms with Crippen LogP contribution in [0.4, 0.5) is 5.69 Å². The monoisotopic (exact) mass is 212 g/mol. The highest BCUT2D eigenvalue weighted by Gasteiger charge is 2.22. The Morgan fingerprint density at radius 2 is 2.07 bits per heavy atom. The van der Waals surface area contributed by atoms with Gasteiger partial charge in [0.05, 0.1) is 4.92 Å². The summed E-state index contributed by atoms with van der Waals surface area (Å²) in [6.07, 6.45) is 0. The van der Waals surface area contributed by atoms with Crippen molar-refractivity contribution in [3.63, 3.8) is 0 Å². The Morgan fingerprint density at radius 1 is 1.47 bits per heavy atom. The first-order chi connectivity index (χ1) is 7.10. The molecule has 1 heterocycles. The van der Waals surface area contributed by atoms with E-state index in [9.17, 15) is 10.1 Å². The second-order valence-electron chi connectivity index (χ2n) is 3.36. The van der Waals surface area contributed by atoms with Crippen molar-refractivity contribution in [2.75, 3.05) is 13.1 Å². The normalized spacial score (nSPS) is 10.9. The van der Waals surface area contributed by atoms with Gasteiger partial charge in [-0.1, -0.05) is 13.8 Å². The topological polar surface area (TPSA) is 75.1 Å². The minimum atomic E-state index is -0.377. The maximum Gasteiger partial charge on any atom is 0.314 e. The van der Waals surface area contributed by atoms with Gasteiger partial charge in [-0.3, -0.25) is 20.1 Å². The molecule has 0 amide bonds. The van der Waals surface area contributed by atoms with Gasteiger partial charge in [0.25, 0.3) is 0 Å². The Hall–Kier alpha value is -1.43. The smallest absolute Gasteiger partial charge is 0.298 e. The number of rotatable bonds is 5. The third-order valence-electron chi connectivity index (χ3n) is 2.44. The molecule has 0 bridgehead atoms. The van der Waals surface area contributed by atoms with Crippen molar-refractivity contribution >= 4 is 5.69 Å². The summed E-state index contributed by atoms with van der Waals surface area (Å²) >= 11 is 0. The molecule has 1 aromatic rings. The van der Waals surface area contributed by atoms with E-state index in [1.807, 2.05) is 13.8 Å². The van der Waals surface area contributed by atoms with Crippen LogP contribution in [0.2, 0.25) is 0 Å². The van der Waals surface area contributed by atoms with Crippen molar-refractivity contribution in [3.8, 4) is 0 Å². The maximum atomic E-state index is 10.8. The van der Waals surface area contributed by atoms with Gasteiger partial charge in [0, 0.05) is 6.54 Å². The summed E-state index contributed by atoms with van der Waals surface area (Å²) in [4.78, 5) is 12.5. The van der Waals surface area contributed by atoms with Crippen molar-refractivity contribution in [2.45, 2.75) is 27.3 Å². The third-order valence-corrected chi connectivity index (χ3v) is 2.44. The van der Waals surface area contributed by atoms with Crippen LogP contribution in [0, 0.1) is 17.0 Å². The second kappa shape index (κ2) is 4.88. The quantitative estimate of drug-likeness (QED) is 0.592. The minimum Gasteiger partial charge on any atom is -0.298 e. The summed E-state index contributed by atoms with van der Waals surface area (Å²) in [7, 11) is 0. The van der Waals surface area contributed by atoms with Crippen molar-refractivity contribution in [1.29, 1.82) is 0 Å². The van der Waals surface area contributed by atoms with Crippen molar-refractivity contribution in [3.05, 3.63) is 21.5 Å². The number of nitro groups is 1. The van der Waals surface area contributed by atoms with Gasteiger partial charge in [0.2, 0.25) is 0 Å². The first kappa shape index (κ1) is 11.6. The van der Waals surface area contributed by atoms with Gasteiger partial charge in [-0.15, -0.1) is 0 Å². The van der Waals surface area contributed by atoms with Gasteiger partial charge >= 0.3 is 5.69 Å².